The number of aromatic nitrogens is 4. The van der Waals surface area contributed by atoms with Crippen LogP contribution in [0.5, 0.6) is 11.8 Å². The molecular formula is C22H32N5O9P. The van der Waals surface area contributed by atoms with Crippen molar-refractivity contribution in [1.82, 2.24) is 24.4 Å². The van der Waals surface area contributed by atoms with Gasteiger partial charge in [-0.1, -0.05) is 39.0 Å². The fourth-order valence-electron chi connectivity index (χ4n) is 3.66. The second kappa shape index (κ2) is 12.6. The molecule has 1 aromatic carbocycles. The number of phosphoric acid groups is 1. The molecule has 14 nitrogen and oxygen atoms in total. The van der Waals surface area contributed by atoms with Crippen molar-refractivity contribution in [3.63, 3.8) is 0 Å². The third kappa shape index (κ3) is 6.93. The minimum atomic E-state index is -4.71. The minimum Gasteiger partial charge on any atom is -0.395 e. The third-order valence-electron chi connectivity index (χ3n) is 5.71. The number of aromatic amines is 1. The monoisotopic (exact) mass is 541 g/mol. The van der Waals surface area contributed by atoms with Gasteiger partial charge in [-0.2, -0.15) is 4.98 Å². The van der Waals surface area contributed by atoms with Gasteiger partial charge < -0.3 is 34.0 Å². The molecular weight excluding hydrogens is 509 g/mol. The lowest BCUT2D eigenvalue weighted by atomic mass is 10.1. The SMILES string of the molecule is CCN(CC)CC.O=c1[nH]c(OP(=O)(O)Oc2ccccc2)nc2c1ncn2[C@@H]1O[C@H](CO)[C@@H](O)[C@H]1O. The van der Waals surface area contributed by atoms with E-state index in [1.54, 1.807) is 18.2 Å². The molecule has 3 heterocycles. The van der Waals surface area contributed by atoms with Crippen LogP contribution in [0, 0.1) is 0 Å². The van der Waals surface area contributed by atoms with Crippen LogP contribution in [0.4, 0.5) is 0 Å². The topological polar surface area (TPSA) is 192 Å². The van der Waals surface area contributed by atoms with Crippen LogP contribution in [0.3, 0.4) is 0 Å². The molecule has 3 aromatic rings. The zero-order valence-electron chi connectivity index (χ0n) is 20.7. The van der Waals surface area contributed by atoms with Gasteiger partial charge in [-0.05, 0) is 31.8 Å². The van der Waals surface area contributed by atoms with Gasteiger partial charge in [0.25, 0.3) is 5.56 Å². The Labute approximate surface area is 212 Å². The molecule has 0 amide bonds. The van der Waals surface area contributed by atoms with Crippen LogP contribution >= 0.6 is 7.82 Å². The molecule has 5 N–H and O–H groups in total. The van der Waals surface area contributed by atoms with Crippen LogP contribution < -0.4 is 14.6 Å². The van der Waals surface area contributed by atoms with E-state index in [0.717, 1.165) is 10.9 Å². The van der Waals surface area contributed by atoms with Gasteiger partial charge in [-0.3, -0.25) is 19.2 Å². The molecule has 15 heteroatoms. The van der Waals surface area contributed by atoms with Crippen molar-refractivity contribution >= 4 is 19.0 Å². The van der Waals surface area contributed by atoms with Crippen LogP contribution in [0.15, 0.2) is 41.5 Å². The number of aliphatic hydroxyl groups excluding tert-OH is 3. The Balaban J connectivity index is 0.000000479. The van der Waals surface area contributed by atoms with E-state index < -0.39 is 50.5 Å². The summed E-state index contributed by atoms with van der Waals surface area (Å²) in [6.45, 7) is 9.58. The number of phosphoric ester groups is 1. The van der Waals surface area contributed by atoms with Gasteiger partial charge in [0.15, 0.2) is 17.4 Å². The maximum atomic E-state index is 12.3. The van der Waals surface area contributed by atoms with Gasteiger partial charge in [-0.25, -0.2) is 9.55 Å². The highest BCUT2D eigenvalue weighted by molar-refractivity contribution is 7.48. The minimum absolute atomic E-state index is 0.0586. The van der Waals surface area contributed by atoms with E-state index in [4.69, 9.17) is 13.8 Å². The summed E-state index contributed by atoms with van der Waals surface area (Å²) in [6, 6.07) is 7.08. The Kier molecular flexibility index (Phi) is 9.79. The molecule has 1 fully saturated rings. The van der Waals surface area contributed by atoms with Crippen molar-refractivity contribution in [2.75, 3.05) is 26.2 Å². The molecule has 1 saturated heterocycles. The van der Waals surface area contributed by atoms with Crippen molar-refractivity contribution in [2.24, 2.45) is 0 Å². The molecule has 0 aliphatic carbocycles. The van der Waals surface area contributed by atoms with Crippen LogP contribution in [-0.2, 0) is 9.30 Å². The number of hydrogen-bond acceptors (Lipinski definition) is 11. The van der Waals surface area contributed by atoms with Crippen LogP contribution in [-0.4, -0.2) is 89.2 Å². The Morgan fingerprint density at radius 1 is 1.11 bits per heavy atom. The van der Waals surface area contributed by atoms with E-state index in [9.17, 15) is 29.6 Å². The van der Waals surface area contributed by atoms with Gasteiger partial charge >= 0.3 is 13.8 Å². The van der Waals surface area contributed by atoms with E-state index in [0.29, 0.717) is 0 Å². The number of fused-ring (bicyclic) bond motifs is 1. The van der Waals surface area contributed by atoms with Crippen molar-refractivity contribution < 1.29 is 38.6 Å². The fourth-order valence-corrected chi connectivity index (χ4v) is 4.39. The fraction of sp³-hybridized carbons (Fsp3) is 0.500. The van der Waals surface area contributed by atoms with Crippen molar-refractivity contribution in [3.8, 4) is 11.8 Å². The lowest BCUT2D eigenvalue weighted by Gasteiger charge is -2.17. The second-order valence-electron chi connectivity index (χ2n) is 8.01. The van der Waals surface area contributed by atoms with Crippen LogP contribution in [0.2, 0.25) is 0 Å². The van der Waals surface area contributed by atoms with E-state index in [2.05, 4.69) is 40.6 Å². The molecule has 1 unspecified atom stereocenters. The molecule has 0 bridgehead atoms. The summed E-state index contributed by atoms with van der Waals surface area (Å²) in [7, 11) is -4.71. The Morgan fingerprint density at radius 3 is 2.30 bits per heavy atom. The highest BCUT2D eigenvalue weighted by Crippen LogP contribution is 2.43. The number of aliphatic hydroxyl groups is 3. The van der Waals surface area contributed by atoms with Gasteiger partial charge in [0, 0.05) is 0 Å². The highest BCUT2D eigenvalue weighted by Gasteiger charge is 2.44. The lowest BCUT2D eigenvalue weighted by Crippen LogP contribution is -2.33. The largest absolute Gasteiger partial charge is 0.587 e. The molecule has 0 radical (unpaired) electrons. The van der Waals surface area contributed by atoms with E-state index in [1.165, 1.54) is 31.8 Å². The quantitative estimate of drug-likeness (QED) is 0.238. The number of para-hydroxylation sites is 1. The van der Waals surface area contributed by atoms with Crippen molar-refractivity contribution in [2.45, 2.75) is 45.3 Å². The van der Waals surface area contributed by atoms with E-state index in [1.807, 2.05) is 0 Å². The number of hydrogen-bond donors (Lipinski definition) is 5. The van der Waals surface area contributed by atoms with Gasteiger partial charge in [0.2, 0.25) is 0 Å². The molecule has 0 spiro atoms. The van der Waals surface area contributed by atoms with Gasteiger partial charge in [0.05, 0.1) is 12.9 Å². The first-order chi connectivity index (χ1) is 17.6. The summed E-state index contributed by atoms with van der Waals surface area (Å²) in [6.07, 6.45) is -3.97. The summed E-state index contributed by atoms with van der Waals surface area (Å²) in [4.78, 5) is 34.6. The van der Waals surface area contributed by atoms with E-state index >= 15 is 0 Å². The number of rotatable bonds is 9. The molecule has 4 rings (SSSR count). The predicted octanol–water partition coefficient (Wildman–Crippen LogP) is 0.637. The maximum absolute atomic E-state index is 12.3. The Hall–Kier alpha value is -2.84. The first-order valence-electron chi connectivity index (χ1n) is 11.7. The average Bonchev–Trinajstić information content (AvgIpc) is 3.41. The zero-order valence-corrected chi connectivity index (χ0v) is 21.6. The molecule has 1 aliphatic heterocycles. The Morgan fingerprint density at radius 2 is 1.76 bits per heavy atom. The van der Waals surface area contributed by atoms with Crippen LogP contribution in [0.25, 0.3) is 11.2 Å². The summed E-state index contributed by atoms with van der Waals surface area (Å²) in [5, 5.41) is 29.4. The summed E-state index contributed by atoms with van der Waals surface area (Å²) >= 11 is 0. The molecule has 1 aliphatic rings. The smallest absolute Gasteiger partial charge is 0.395 e. The van der Waals surface area contributed by atoms with Gasteiger partial charge in [0.1, 0.15) is 24.1 Å². The first-order valence-corrected chi connectivity index (χ1v) is 13.2. The van der Waals surface area contributed by atoms with Crippen LogP contribution in [0.1, 0.15) is 27.0 Å². The van der Waals surface area contributed by atoms with Crippen molar-refractivity contribution in [1.29, 1.82) is 0 Å². The normalized spacial score (nSPS) is 22.9. The number of nitrogens with one attached hydrogen (secondary N) is 1. The van der Waals surface area contributed by atoms with E-state index in [-0.39, 0.29) is 16.9 Å². The molecule has 37 heavy (non-hydrogen) atoms. The number of H-pyrrole nitrogens is 1. The molecule has 204 valence electrons. The highest BCUT2D eigenvalue weighted by atomic mass is 31.2. The Bertz CT molecular complexity index is 1240. The van der Waals surface area contributed by atoms with Gasteiger partial charge in [-0.15, -0.1) is 0 Å². The summed E-state index contributed by atoms with van der Waals surface area (Å²) < 4.78 is 28.6. The zero-order chi connectivity index (χ0) is 27.2. The lowest BCUT2D eigenvalue weighted by molar-refractivity contribution is -0.0511. The second-order valence-corrected chi connectivity index (χ2v) is 9.31. The molecule has 0 saturated carbocycles. The summed E-state index contributed by atoms with van der Waals surface area (Å²) in [5.41, 5.74) is -1.11. The molecule has 5 atom stereocenters. The maximum Gasteiger partial charge on any atom is 0.587 e. The number of imidazole rings is 1. The standard InChI is InChI=1S/C16H17N4O9P.C6H15N/c21-6-9-11(22)12(23)15(27-9)20-7-17-10-13(20)18-16(19-14(10)24)29-30(25,26)28-8-4-2-1-3-5-8;1-4-7(5-2)6-3/h1-5,7,9,11-12,15,21-23H,6H2,(H,25,26)(H,18,19,24);4-6H2,1-3H3/t9-,11-,12-,15-;/m1./s1. The first kappa shape index (κ1) is 28.7. The van der Waals surface area contributed by atoms with Crippen molar-refractivity contribution in [3.05, 3.63) is 47.0 Å². The third-order valence-corrected chi connectivity index (χ3v) is 6.55. The average molecular weight is 541 g/mol. The molecule has 2 aromatic heterocycles. The number of benzene rings is 1. The number of ether oxygens (including phenoxy) is 1. The predicted molar refractivity (Wildman–Crippen MR) is 132 cm³/mol. The summed E-state index contributed by atoms with van der Waals surface area (Å²) in [5.74, 6) is 0.0586. The number of nitrogens with zero attached hydrogens (tertiary/aromatic N) is 4.